The van der Waals surface area contributed by atoms with Crippen LogP contribution in [0.1, 0.15) is 194 Å². The molecule has 0 saturated heterocycles. The summed E-state index contributed by atoms with van der Waals surface area (Å²) in [6, 6.07) is 0. The standard InChI is InChI=1S/C46H85NO8/c1-6-8-10-12-14-16-18-20-21-22-23-25-27-29-31-33-35-37-44(49)55-42(41-54-46(45(50)51)52-39-38-47(3,4)5)40-53-43(48)36-34-32-30-28-26-24-19-17-15-13-11-9-7-2/h17,19-21,42,46H,6-16,18,22-41H2,1-5H3/p+1/b19-17-,21-20-. The van der Waals surface area contributed by atoms with Gasteiger partial charge in [-0.1, -0.05) is 141 Å². The normalized spacial score (nSPS) is 13.1. The monoisotopic (exact) mass is 781 g/mol. The van der Waals surface area contributed by atoms with Gasteiger partial charge < -0.3 is 28.5 Å². The summed E-state index contributed by atoms with van der Waals surface area (Å²) in [7, 11) is 5.95. The van der Waals surface area contributed by atoms with Gasteiger partial charge in [-0.3, -0.25) is 9.59 Å². The van der Waals surface area contributed by atoms with Gasteiger partial charge >= 0.3 is 17.9 Å². The topological polar surface area (TPSA) is 108 Å². The van der Waals surface area contributed by atoms with Crippen LogP contribution in [0, 0.1) is 0 Å². The second kappa shape index (κ2) is 38.6. The number of carbonyl (C=O) groups is 3. The lowest BCUT2D eigenvalue weighted by atomic mass is 10.1. The van der Waals surface area contributed by atoms with Crippen molar-refractivity contribution in [3.63, 3.8) is 0 Å². The molecule has 0 aliphatic rings. The first-order chi connectivity index (χ1) is 26.6. The molecule has 322 valence electrons. The molecule has 9 heteroatoms. The van der Waals surface area contributed by atoms with Gasteiger partial charge in [-0.25, -0.2) is 4.79 Å². The molecule has 0 heterocycles. The maximum atomic E-state index is 12.7. The van der Waals surface area contributed by atoms with Gasteiger partial charge in [0.05, 0.1) is 34.4 Å². The summed E-state index contributed by atoms with van der Waals surface area (Å²) in [6.07, 6.45) is 38.0. The van der Waals surface area contributed by atoms with E-state index in [4.69, 9.17) is 18.9 Å². The number of likely N-dealkylation sites (N-methyl/N-ethyl adjacent to an activating group) is 1. The number of carbonyl (C=O) groups excluding carboxylic acids is 2. The molecule has 0 radical (unpaired) electrons. The van der Waals surface area contributed by atoms with Crippen LogP contribution in [-0.2, 0) is 33.3 Å². The highest BCUT2D eigenvalue weighted by Gasteiger charge is 2.25. The van der Waals surface area contributed by atoms with Crippen molar-refractivity contribution in [3.05, 3.63) is 24.3 Å². The number of esters is 2. The van der Waals surface area contributed by atoms with Gasteiger partial charge in [0, 0.05) is 12.8 Å². The summed E-state index contributed by atoms with van der Waals surface area (Å²) in [6.45, 7) is 4.84. The van der Waals surface area contributed by atoms with E-state index in [1.165, 1.54) is 96.3 Å². The van der Waals surface area contributed by atoms with E-state index >= 15 is 0 Å². The number of nitrogens with zero attached hydrogens (tertiary/aromatic N) is 1. The molecule has 0 bridgehead atoms. The van der Waals surface area contributed by atoms with Crippen LogP contribution in [0.3, 0.4) is 0 Å². The Morgan fingerprint density at radius 2 is 0.927 bits per heavy atom. The number of ether oxygens (including phenoxy) is 4. The average Bonchev–Trinajstić information content (AvgIpc) is 3.14. The highest BCUT2D eigenvalue weighted by Crippen LogP contribution is 2.14. The maximum absolute atomic E-state index is 12.7. The van der Waals surface area contributed by atoms with Gasteiger partial charge in [0.2, 0.25) is 0 Å². The van der Waals surface area contributed by atoms with E-state index < -0.39 is 24.3 Å². The zero-order chi connectivity index (χ0) is 40.7. The summed E-state index contributed by atoms with van der Waals surface area (Å²) in [4.78, 5) is 37.1. The molecule has 0 saturated carbocycles. The fraction of sp³-hybridized carbons (Fsp3) is 0.848. The van der Waals surface area contributed by atoms with Crippen molar-refractivity contribution in [2.24, 2.45) is 0 Å². The Morgan fingerprint density at radius 3 is 1.36 bits per heavy atom. The van der Waals surface area contributed by atoms with Crippen molar-refractivity contribution < 1.29 is 42.9 Å². The van der Waals surface area contributed by atoms with Crippen molar-refractivity contribution in [1.29, 1.82) is 0 Å². The van der Waals surface area contributed by atoms with Crippen LogP contribution >= 0.6 is 0 Å². The van der Waals surface area contributed by atoms with Gasteiger partial charge in [0.1, 0.15) is 13.2 Å². The Hall–Kier alpha value is -2.23. The Balaban J connectivity index is 4.44. The Labute approximate surface area is 337 Å². The molecule has 0 fully saturated rings. The predicted octanol–water partition coefficient (Wildman–Crippen LogP) is 11.7. The molecule has 2 unspecified atom stereocenters. The molecule has 9 nitrogen and oxygen atoms in total. The highest BCUT2D eigenvalue weighted by atomic mass is 16.7. The van der Waals surface area contributed by atoms with Crippen molar-refractivity contribution in [2.75, 3.05) is 47.5 Å². The minimum atomic E-state index is -1.51. The van der Waals surface area contributed by atoms with Crippen molar-refractivity contribution in [2.45, 2.75) is 206 Å². The minimum absolute atomic E-state index is 0.186. The zero-order valence-electron chi connectivity index (χ0n) is 36.3. The molecule has 0 rings (SSSR count). The summed E-state index contributed by atoms with van der Waals surface area (Å²) >= 11 is 0. The lowest BCUT2D eigenvalue weighted by molar-refractivity contribution is -0.870. The van der Waals surface area contributed by atoms with Crippen LogP contribution in [0.5, 0.6) is 0 Å². The van der Waals surface area contributed by atoms with E-state index in [9.17, 15) is 19.5 Å². The third-order valence-corrected chi connectivity index (χ3v) is 9.68. The second-order valence-electron chi connectivity index (χ2n) is 16.4. The first kappa shape index (κ1) is 52.8. The lowest BCUT2D eigenvalue weighted by Crippen LogP contribution is -2.40. The molecule has 0 aliphatic heterocycles. The summed E-state index contributed by atoms with van der Waals surface area (Å²) in [5, 5.41) is 9.63. The maximum Gasteiger partial charge on any atom is 0.361 e. The smallest absolute Gasteiger partial charge is 0.361 e. The molecule has 0 amide bonds. The van der Waals surface area contributed by atoms with Crippen molar-refractivity contribution in [1.82, 2.24) is 0 Å². The SMILES string of the molecule is CCCCCC/C=C\CCCCCCCC(=O)OCC(COC(OCC[N+](C)(C)C)C(=O)O)OC(=O)CCCCCCCCC/C=C\CCCCCCCC. The number of hydrogen-bond acceptors (Lipinski definition) is 7. The number of hydrogen-bond donors (Lipinski definition) is 1. The largest absolute Gasteiger partial charge is 0.477 e. The highest BCUT2D eigenvalue weighted by molar-refractivity contribution is 5.71. The molecule has 0 spiro atoms. The van der Waals surface area contributed by atoms with Crippen LogP contribution in [0.25, 0.3) is 0 Å². The van der Waals surface area contributed by atoms with E-state index in [2.05, 4.69) is 38.2 Å². The quantitative estimate of drug-likeness (QED) is 0.0215. The van der Waals surface area contributed by atoms with Crippen LogP contribution in [0.2, 0.25) is 0 Å². The Bertz CT molecular complexity index is 960. The van der Waals surface area contributed by atoms with E-state index in [1.807, 2.05) is 21.1 Å². The number of carboxylic acids is 1. The van der Waals surface area contributed by atoms with E-state index in [-0.39, 0.29) is 32.2 Å². The number of unbranched alkanes of at least 4 members (excludes halogenated alkanes) is 22. The van der Waals surface area contributed by atoms with E-state index in [1.54, 1.807) is 0 Å². The van der Waals surface area contributed by atoms with Gasteiger partial charge in [-0.05, 0) is 64.2 Å². The van der Waals surface area contributed by atoms with Gasteiger partial charge in [-0.15, -0.1) is 0 Å². The second-order valence-corrected chi connectivity index (χ2v) is 16.4. The minimum Gasteiger partial charge on any atom is -0.477 e. The van der Waals surface area contributed by atoms with E-state index in [0.29, 0.717) is 23.9 Å². The summed E-state index contributed by atoms with van der Waals surface area (Å²) in [5.41, 5.74) is 0. The van der Waals surface area contributed by atoms with Crippen LogP contribution in [0.4, 0.5) is 0 Å². The average molecular weight is 781 g/mol. The van der Waals surface area contributed by atoms with Crippen LogP contribution in [-0.4, -0.2) is 87.4 Å². The molecule has 55 heavy (non-hydrogen) atoms. The van der Waals surface area contributed by atoms with Crippen LogP contribution in [0.15, 0.2) is 24.3 Å². The van der Waals surface area contributed by atoms with Gasteiger partial charge in [0.25, 0.3) is 6.29 Å². The molecule has 2 atom stereocenters. The summed E-state index contributed by atoms with van der Waals surface area (Å²) < 4.78 is 22.7. The fourth-order valence-electron chi connectivity index (χ4n) is 6.12. The summed E-state index contributed by atoms with van der Waals surface area (Å²) in [5.74, 6) is -2.02. The molecule has 0 aromatic carbocycles. The molecular formula is C46H86NO8+. The number of quaternary nitrogens is 1. The number of allylic oxidation sites excluding steroid dienone is 4. The zero-order valence-corrected chi connectivity index (χ0v) is 36.3. The first-order valence-corrected chi connectivity index (χ1v) is 22.5. The first-order valence-electron chi connectivity index (χ1n) is 22.5. The molecule has 1 N–H and O–H groups in total. The third-order valence-electron chi connectivity index (χ3n) is 9.68. The number of carboxylic acid groups (broad SMARTS) is 1. The Morgan fingerprint density at radius 1 is 0.527 bits per heavy atom. The number of aliphatic carboxylic acids is 1. The predicted molar refractivity (Wildman–Crippen MR) is 226 cm³/mol. The third kappa shape index (κ3) is 39.8. The molecule has 0 aromatic rings. The van der Waals surface area contributed by atoms with Crippen molar-refractivity contribution >= 4 is 17.9 Å². The van der Waals surface area contributed by atoms with Crippen LogP contribution < -0.4 is 0 Å². The van der Waals surface area contributed by atoms with Crippen molar-refractivity contribution in [3.8, 4) is 0 Å². The fourth-order valence-corrected chi connectivity index (χ4v) is 6.12. The molecule has 0 aliphatic carbocycles. The number of rotatable bonds is 41. The van der Waals surface area contributed by atoms with Gasteiger partial charge in [-0.2, -0.15) is 0 Å². The lowest BCUT2D eigenvalue weighted by Gasteiger charge is -2.25. The molecular weight excluding hydrogens is 695 g/mol. The Kier molecular flexibility index (Phi) is 37.1. The van der Waals surface area contributed by atoms with Gasteiger partial charge in [0.15, 0.2) is 6.10 Å². The van der Waals surface area contributed by atoms with E-state index in [0.717, 1.165) is 64.2 Å². The molecule has 0 aromatic heterocycles.